The van der Waals surface area contributed by atoms with E-state index in [2.05, 4.69) is 5.16 Å². The molecule has 5 heteroatoms. The number of aldehydes is 1. The third kappa shape index (κ3) is 3.54. The lowest BCUT2D eigenvalue weighted by Gasteiger charge is -2.15. The van der Waals surface area contributed by atoms with Crippen molar-refractivity contribution < 1.29 is 19.5 Å². The lowest BCUT2D eigenvalue weighted by Crippen LogP contribution is -2.10. The lowest BCUT2D eigenvalue weighted by atomic mass is 10.0. The molecule has 0 bridgehead atoms. The third-order valence-electron chi connectivity index (χ3n) is 3.62. The minimum Gasteiger partial charge on any atom is -0.507 e. The van der Waals surface area contributed by atoms with Gasteiger partial charge in [0.05, 0.1) is 17.9 Å². The number of oxime groups is 1. The van der Waals surface area contributed by atoms with Gasteiger partial charge in [-0.05, 0) is 45.2 Å². The van der Waals surface area contributed by atoms with E-state index in [1.54, 1.807) is 13.0 Å². The Labute approximate surface area is 124 Å². The third-order valence-corrected chi connectivity index (χ3v) is 3.62. The van der Waals surface area contributed by atoms with Crippen LogP contribution in [0.3, 0.4) is 0 Å². The molecule has 5 nitrogen and oxygen atoms in total. The summed E-state index contributed by atoms with van der Waals surface area (Å²) in [5, 5.41) is 13.8. The van der Waals surface area contributed by atoms with Crippen molar-refractivity contribution in [3.63, 3.8) is 0 Å². The average molecular weight is 291 g/mol. The van der Waals surface area contributed by atoms with Crippen LogP contribution in [0.4, 0.5) is 0 Å². The Hall–Kier alpha value is -2.04. The average Bonchev–Trinajstić information content (AvgIpc) is 2.87. The van der Waals surface area contributed by atoms with Crippen molar-refractivity contribution in [2.75, 3.05) is 6.61 Å². The van der Waals surface area contributed by atoms with Gasteiger partial charge in [-0.15, -0.1) is 0 Å². The van der Waals surface area contributed by atoms with Crippen LogP contribution in [-0.2, 0) is 4.84 Å². The number of ether oxygens (including phenoxy) is 1. The van der Waals surface area contributed by atoms with Crippen LogP contribution in [0.1, 0.15) is 47.7 Å². The quantitative estimate of drug-likeness (QED) is 0.646. The van der Waals surface area contributed by atoms with Crippen LogP contribution >= 0.6 is 0 Å². The van der Waals surface area contributed by atoms with Gasteiger partial charge >= 0.3 is 0 Å². The monoisotopic (exact) mass is 291 g/mol. The number of aromatic hydroxyl groups is 1. The molecule has 0 saturated heterocycles. The summed E-state index contributed by atoms with van der Waals surface area (Å²) in [4.78, 5) is 16.1. The van der Waals surface area contributed by atoms with E-state index in [0.29, 0.717) is 29.8 Å². The first-order valence-corrected chi connectivity index (χ1v) is 7.13. The highest BCUT2D eigenvalue weighted by atomic mass is 16.6. The summed E-state index contributed by atoms with van der Waals surface area (Å²) in [6, 6.07) is 1.64. The molecule has 1 aromatic carbocycles. The van der Waals surface area contributed by atoms with E-state index in [0.717, 1.165) is 30.5 Å². The van der Waals surface area contributed by atoms with E-state index in [1.807, 2.05) is 13.8 Å². The van der Waals surface area contributed by atoms with Gasteiger partial charge < -0.3 is 14.7 Å². The minimum atomic E-state index is -0.00579. The molecular weight excluding hydrogens is 270 g/mol. The molecule has 0 spiro atoms. The predicted molar refractivity (Wildman–Crippen MR) is 80.3 cm³/mol. The highest BCUT2D eigenvalue weighted by Gasteiger charge is 2.18. The Morgan fingerprint density at radius 2 is 2.24 bits per heavy atom. The SMILES string of the molecule is CC1=NOC(CCCOc2c(C)cc(C=O)c(O)c2C)C1. The van der Waals surface area contributed by atoms with Gasteiger partial charge in [-0.2, -0.15) is 0 Å². The van der Waals surface area contributed by atoms with Crippen LogP contribution < -0.4 is 4.74 Å². The fourth-order valence-corrected chi connectivity index (χ4v) is 2.51. The van der Waals surface area contributed by atoms with E-state index in [1.165, 1.54) is 0 Å². The molecule has 0 aliphatic carbocycles. The van der Waals surface area contributed by atoms with Crippen LogP contribution in [0.2, 0.25) is 0 Å². The number of aryl methyl sites for hydroxylation is 1. The summed E-state index contributed by atoms with van der Waals surface area (Å²) >= 11 is 0. The summed E-state index contributed by atoms with van der Waals surface area (Å²) < 4.78 is 5.77. The molecule has 1 heterocycles. The Morgan fingerprint density at radius 1 is 1.48 bits per heavy atom. The normalized spacial score (nSPS) is 17.3. The van der Waals surface area contributed by atoms with Gasteiger partial charge in [0.25, 0.3) is 0 Å². The minimum absolute atomic E-state index is 0.00579. The lowest BCUT2D eigenvalue weighted by molar-refractivity contribution is 0.0741. The van der Waals surface area contributed by atoms with Crippen LogP contribution in [0.5, 0.6) is 11.5 Å². The predicted octanol–water partition coefficient (Wildman–Crippen LogP) is 3.15. The number of phenolic OH excluding ortho intramolecular Hbond substituents is 1. The summed E-state index contributed by atoms with van der Waals surface area (Å²) in [7, 11) is 0. The number of rotatable bonds is 6. The molecule has 1 aliphatic heterocycles. The van der Waals surface area contributed by atoms with Crippen molar-refractivity contribution in [3.05, 3.63) is 22.8 Å². The molecule has 0 radical (unpaired) electrons. The maximum atomic E-state index is 10.9. The Bertz CT molecular complexity index is 566. The first-order valence-electron chi connectivity index (χ1n) is 7.13. The zero-order valence-corrected chi connectivity index (χ0v) is 12.7. The van der Waals surface area contributed by atoms with Crippen LogP contribution in [0.25, 0.3) is 0 Å². The number of hydrogen-bond acceptors (Lipinski definition) is 5. The van der Waals surface area contributed by atoms with Gasteiger partial charge in [0.15, 0.2) is 6.29 Å². The number of nitrogens with zero attached hydrogens (tertiary/aromatic N) is 1. The van der Waals surface area contributed by atoms with Gasteiger partial charge in [0, 0.05) is 12.0 Å². The first-order chi connectivity index (χ1) is 10.0. The van der Waals surface area contributed by atoms with Gasteiger partial charge in [-0.3, -0.25) is 4.79 Å². The molecule has 2 rings (SSSR count). The van der Waals surface area contributed by atoms with Gasteiger partial charge in [0.1, 0.15) is 17.6 Å². The molecule has 114 valence electrons. The van der Waals surface area contributed by atoms with Crippen molar-refractivity contribution in [2.45, 2.75) is 46.1 Å². The maximum Gasteiger partial charge on any atom is 0.153 e. The smallest absolute Gasteiger partial charge is 0.153 e. The highest BCUT2D eigenvalue weighted by molar-refractivity contribution is 5.82. The van der Waals surface area contributed by atoms with Crippen molar-refractivity contribution in [1.82, 2.24) is 0 Å². The summed E-state index contributed by atoms with van der Waals surface area (Å²) in [6.45, 7) is 6.12. The molecule has 1 aromatic rings. The number of carbonyl (C=O) groups is 1. The zero-order chi connectivity index (χ0) is 15.4. The van der Waals surface area contributed by atoms with Crippen molar-refractivity contribution in [1.29, 1.82) is 0 Å². The van der Waals surface area contributed by atoms with Crippen LogP contribution in [0, 0.1) is 13.8 Å². The van der Waals surface area contributed by atoms with E-state index < -0.39 is 0 Å². The molecule has 0 saturated carbocycles. The molecular formula is C16H21NO4. The summed E-state index contributed by atoms with van der Waals surface area (Å²) in [6.07, 6.45) is 3.42. The highest BCUT2D eigenvalue weighted by Crippen LogP contribution is 2.33. The van der Waals surface area contributed by atoms with Crippen molar-refractivity contribution in [3.8, 4) is 11.5 Å². The number of phenols is 1. The fourth-order valence-electron chi connectivity index (χ4n) is 2.51. The topological polar surface area (TPSA) is 68.1 Å². The van der Waals surface area contributed by atoms with E-state index in [9.17, 15) is 9.90 Å². The number of hydrogen-bond donors (Lipinski definition) is 1. The van der Waals surface area contributed by atoms with Crippen LogP contribution in [-0.4, -0.2) is 29.8 Å². The van der Waals surface area contributed by atoms with E-state index in [4.69, 9.17) is 9.57 Å². The second-order valence-corrected chi connectivity index (χ2v) is 5.45. The fraction of sp³-hybridized carbons (Fsp3) is 0.500. The van der Waals surface area contributed by atoms with E-state index >= 15 is 0 Å². The second-order valence-electron chi connectivity index (χ2n) is 5.45. The molecule has 1 atom stereocenters. The maximum absolute atomic E-state index is 10.9. The van der Waals surface area contributed by atoms with Crippen molar-refractivity contribution >= 4 is 12.0 Å². The number of benzene rings is 1. The summed E-state index contributed by atoms with van der Waals surface area (Å²) in [5.41, 5.74) is 2.78. The van der Waals surface area contributed by atoms with Gasteiger partial charge in [-0.1, -0.05) is 5.16 Å². The first kappa shape index (κ1) is 15.4. The van der Waals surface area contributed by atoms with Crippen LogP contribution in [0.15, 0.2) is 11.2 Å². The molecule has 1 N–H and O–H groups in total. The summed E-state index contributed by atoms with van der Waals surface area (Å²) in [5.74, 6) is 0.645. The Balaban J connectivity index is 1.89. The standard InChI is InChI=1S/C16H21NO4/c1-10-7-13(9-18)15(19)12(3)16(10)20-6-4-5-14-8-11(2)17-21-14/h7,9,14,19H,4-6,8H2,1-3H3. The molecule has 0 amide bonds. The van der Waals surface area contributed by atoms with Crippen molar-refractivity contribution in [2.24, 2.45) is 5.16 Å². The molecule has 0 aromatic heterocycles. The number of carbonyl (C=O) groups excluding carboxylic acids is 1. The van der Waals surface area contributed by atoms with Gasteiger partial charge in [0.2, 0.25) is 0 Å². The second kappa shape index (κ2) is 6.61. The largest absolute Gasteiger partial charge is 0.507 e. The zero-order valence-electron chi connectivity index (χ0n) is 12.7. The molecule has 1 unspecified atom stereocenters. The molecule has 21 heavy (non-hydrogen) atoms. The molecule has 0 fully saturated rings. The molecule has 1 aliphatic rings. The van der Waals surface area contributed by atoms with E-state index in [-0.39, 0.29) is 11.9 Å². The van der Waals surface area contributed by atoms with Gasteiger partial charge in [-0.25, -0.2) is 0 Å². The Kier molecular flexibility index (Phi) is 4.83. The Morgan fingerprint density at radius 3 is 2.86 bits per heavy atom.